The number of carbonyl (C=O) groups is 2. The molecule has 1 amide bonds. The highest BCUT2D eigenvalue weighted by Gasteiger charge is 2.36. The van der Waals surface area contributed by atoms with E-state index in [1.54, 1.807) is 23.7 Å². The molecule has 1 aliphatic heterocycles. The number of rotatable bonds is 6. The normalized spacial score (nSPS) is 13.2. The van der Waals surface area contributed by atoms with E-state index in [1.165, 1.54) is 11.8 Å². The number of methoxy groups -OCH3 is 1. The number of Topliss-reactive ketones (excluding diaryl/α,β-unsaturated/α-hetero) is 1. The minimum absolute atomic E-state index is 0.0553. The van der Waals surface area contributed by atoms with Crippen molar-refractivity contribution in [3.05, 3.63) is 65.1 Å². The minimum Gasteiger partial charge on any atom is -0.497 e. The zero-order valence-corrected chi connectivity index (χ0v) is 18.3. The van der Waals surface area contributed by atoms with Crippen LogP contribution in [0.4, 0.5) is 0 Å². The van der Waals surface area contributed by atoms with Gasteiger partial charge in [-0.05, 0) is 36.0 Å². The fourth-order valence-electron chi connectivity index (χ4n) is 3.35. The van der Waals surface area contributed by atoms with Crippen molar-refractivity contribution in [3.8, 4) is 17.1 Å². The number of hydrogen-bond donors (Lipinski definition) is 0. The van der Waals surface area contributed by atoms with Crippen molar-refractivity contribution in [1.29, 1.82) is 0 Å². The van der Waals surface area contributed by atoms with E-state index in [0.29, 0.717) is 33.8 Å². The van der Waals surface area contributed by atoms with Gasteiger partial charge in [0.1, 0.15) is 5.75 Å². The summed E-state index contributed by atoms with van der Waals surface area (Å²) in [6.45, 7) is 3.60. The number of allylic oxidation sites excluding steroid dienone is 1. The van der Waals surface area contributed by atoms with E-state index >= 15 is 0 Å². The van der Waals surface area contributed by atoms with Gasteiger partial charge in [-0.2, -0.15) is 4.68 Å². The molecule has 0 atom stereocenters. The third kappa shape index (κ3) is 3.74. The van der Waals surface area contributed by atoms with Crippen molar-refractivity contribution in [2.24, 2.45) is 0 Å². The molecule has 0 bridgehead atoms. The Morgan fingerprint density at radius 2 is 1.65 bits per heavy atom. The maximum absolute atomic E-state index is 13.2. The molecule has 2 aromatic carbocycles. The van der Waals surface area contributed by atoms with Gasteiger partial charge in [-0.15, -0.1) is 10.2 Å². The van der Waals surface area contributed by atoms with E-state index in [2.05, 4.69) is 10.2 Å². The average molecular weight is 435 g/mol. The van der Waals surface area contributed by atoms with Gasteiger partial charge in [-0.25, -0.2) is 5.01 Å². The van der Waals surface area contributed by atoms with Crippen LogP contribution in [-0.4, -0.2) is 33.7 Å². The molecule has 0 fully saturated rings. The lowest BCUT2D eigenvalue weighted by Gasteiger charge is -2.33. The molecule has 2 heterocycles. The van der Waals surface area contributed by atoms with Crippen molar-refractivity contribution in [1.82, 2.24) is 14.9 Å². The highest BCUT2D eigenvalue weighted by Crippen LogP contribution is 2.42. The van der Waals surface area contributed by atoms with E-state index < -0.39 is 0 Å². The first-order valence-corrected chi connectivity index (χ1v) is 10.8. The van der Waals surface area contributed by atoms with Gasteiger partial charge in [0.15, 0.2) is 11.6 Å². The number of benzene rings is 2. The van der Waals surface area contributed by atoms with Crippen LogP contribution >= 0.6 is 11.8 Å². The number of aromatic nitrogens is 3. The van der Waals surface area contributed by atoms with Crippen molar-refractivity contribution in [3.63, 3.8) is 0 Å². The van der Waals surface area contributed by atoms with E-state index in [9.17, 15) is 9.59 Å². The highest BCUT2D eigenvalue weighted by molar-refractivity contribution is 8.04. The second-order valence-corrected chi connectivity index (χ2v) is 7.81. The Hall–Kier alpha value is -3.39. The number of fused-ring (bicyclic) bond motifs is 1. The summed E-state index contributed by atoms with van der Waals surface area (Å²) in [6.07, 6.45) is 0.569. The summed E-state index contributed by atoms with van der Waals surface area (Å²) in [4.78, 5) is 26.6. The van der Waals surface area contributed by atoms with Gasteiger partial charge in [0.25, 0.3) is 0 Å². The zero-order valence-electron chi connectivity index (χ0n) is 17.5. The summed E-state index contributed by atoms with van der Waals surface area (Å²) in [7, 11) is 1.60. The van der Waals surface area contributed by atoms with Crippen LogP contribution in [0.3, 0.4) is 0 Å². The molecule has 0 saturated heterocycles. The van der Waals surface area contributed by atoms with Crippen LogP contribution in [0.25, 0.3) is 17.1 Å². The molecule has 0 unspecified atom stereocenters. The molecular formula is C23H22N4O3S. The highest BCUT2D eigenvalue weighted by atomic mass is 32.2. The molecule has 0 N–H and O–H groups in total. The lowest BCUT2D eigenvalue weighted by Crippen LogP contribution is -2.42. The standard InChI is InChI=1S/C23H22N4O3S/c1-4-18(28)21-20(15-11-13-17(30-3)14-12-15)26(19(29)5-2)27-22(24-25-23(27)31-21)16-9-7-6-8-10-16/h6-14H,4-5H2,1-3H3. The third-order valence-corrected chi connectivity index (χ3v) is 6.00. The maximum Gasteiger partial charge on any atom is 0.246 e. The third-order valence-electron chi connectivity index (χ3n) is 4.94. The van der Waals surface area contributed by atoms with E-state index in [4.69, 9.17) is 4.74 Å². The molecule has 31 heavy (non-hydrogen) atoms. The summed E-state index contributed by atoms with van der Waals surface area (Å²) in [5.41, 5.74) is 2.11. The molecule has 3 aromatic rings. The molecule has 0 spiro atoms. The smallest absolute Gasteiger partial charge is 0.246 e. The number of carbonyl (C=O) groups excluding carboxylic acids is 2. The molecule has 4 rings (SSSR count). The molecule has 1 aliphatic rings. The van der Waals surface area contributed by atoms with Gasteiger partial charge in [0.2, 0.25) is 11.1 Å². The Labute approximate surface area is 184 Å². The molecule has 1 aromatic heterocycles. The summed E-state index contributed by atoms with van der Waals surface area (Å²) in [5.74, 6) is 1.02. The first-order chi connectivity index (χ1) is 15.1. The molecule has 0 aliphatic carbocycles. The molecule has 8 heteroatoms. The molecular weight excluding hydrogens is 412 g/mol. The molecule has 7 nitrogen and oxygen atoms in total. The Morgan fingerprint density at radius 1 is 0.935 bits per heavy atom. The fourth-order valence-corrected chi connectivity index (χ4v) is 4.43. The van der Waals surface area contributed by atoms with Crippen molar-refractivity contribution < 1.29 is 14.3 Å². The number of thioether (sulfide) groups is 1. The first kappa shape index (κ1) is 20.9. The minimum atomic E-state index is -0.161. The van der Waals surface area contributed by atoms with Gasteiger partial charge in [-0.1, -0.05) is 44.2 Å². The number of ketones is 1. The summed E-state index contributed by atoms with van der Waals surface area (Å²) >= 11 is 1.24. The summed E-state index contributed by atoms with van der Waals surface area (Å²) in [5, 5.41) is 10.7. The van der Waals surface area contributed by atoms with Crippen molar-refractivity contribution in [2.45, 2.75) is 31.8 Å². The maximum atomic E-state index is 13.2. The van der Waals surface area contributed by atoms with Gasteiger partial charge in [0.05, 0.1) is 17.7 Å². The fraction of sp³-hybridized carbons (Fsp3) is 0.217. The van der Waals surface area contributed by atoms with Crippen molar-refractivity contribution in [2.75, 3.05) is 12.1 Å². The summed E-state index contributed by atoms with van der Waals surface area (Å²) in [6, 6.07) is 16.9. The second kappa shape index (κ2) is 8.77. The van der Waals surface area contributed by atoms with Gasteiger partial charge >= 0.3 is 0 Å². The zero-order chi connectivity index (χ0) is 22.0. The number of nitrogens with zero attached hydrogens (tertiary/aromatic N) is 4. The van der Waals surface area contributed by atoms with Crippen LogP contribution in [0.2, 0.25) is 0 Å². The van der Waals surface area contributed by atoms with Crippen LogP contribution in [0.5, 0.6) is 5.75 Å². The topological polar surface area (TPSA) is 77.3 Å². The molecule has 0 saturated carbocycles. The number of hydrogen-bond acceptors (Lipinski definition) is 6. The quantitative estimate of drug-likeness (QED) is 0.576. The van der Waals surface area contributed by atoms with Crippen LogP contribution in [0.1, 0.15) is 32.3 Å². The van der Waals surface area contributed by atoms with Gasteiger partial charge < -0.3 is 4.74 Å². The lowest BCUT2D eigenvalue weighted by molar-refractivity contribution is -0.118. The van der Waals surface area contributed by atoms with Crippen LogP contribution in [0, 0.1) is 0 Å². The van der Waals surface area contributed by atoms with Gasteiger partial charge in [-0.3, -0.25) is 9.59 Å². The number of amides is 1. The van der Waals surface area contributed by atoms with E-state index in [1.807, 2.05) is 61.5 Å². The van der Waals surface area contributed by atoms with Crippen LogP contribution < -0.4 is 9.75 Å². The average Bonchev–Trinajstić information content (AvgIpc) is 3.26. The first-order valence-electron chi connectivity index (χ1n) is 10.0. The lowest BCUT2D eigenvalue weighted by atomic mass is 10.1. The SMILES string of the molecule is CCC(=O)C1=C(c2ccc(OC)cc2)N(C(=O)CC)n2c(nnc2-c2ccccc2)S1. The van der Waals surface area contributed by atoms with E-state index in [-0.39, 0.29) is 18.1 Å². The predicted octanol–water partition coefficient (Wildman–Crippen LogP) is 4.28. The predicted molar refractivity (Wildman–Crippen MR) is 120 cm³/mol. The Morgan fingerprint density at radius 3 is 2.26 bits per heavy atom. The Balaban J connectivity index is 1.97. The monoisotopic (exact) mass is 434 g/mol. The number of ether oxygens (including phenoxy) is 1. The largest absolute Gasteiger partial charge is 0.497 e. The Bertz CT molecular complexity index is 1150. The Kier molecular flexibility index (Phi) is 5.90. The summed E-state index contributed by atoms with van der Waals surface area (Å²) < 4.78 is 6.98. The molecule has 158 valence electrons. The van der Waals surface area contributed by atoms with Gasteiger partial charge in [0, 0.05) is 24.0 Å². The van der Waals surface area contributed by atoms with Crippen molar-refractivity contribution >= 4 is 29.1 Å². The van der Waals surface area contributed by atoms with E-state index in [0.717, 1.165) is 11.1 Å². The van der Waals surface area contributed by atoms with Crippen LogP contribution in [0.15, 0.2) is 64.7 Å². The van der Waals surface area contributed by atoms with Crippen LogP contribution in [-0.2, 0) is 9.59 Å². The molecule has 0 radical (unpaired) electrons. The second-order valence-electron chi connectivity index (χ2n) is 6.83.